The highest BCUT2D eigenvalue weighted by Crippen LogP contribution is 2.19. The lowest BCUT2D eigenvalue weighted by atomic mass is 9.94. The van der Waals surface area contributed by atoms with Crippen LogP contribution in [0.2, 0.25) is 0 Å². The Kier molecular flexibility index (Phi) is 6.57. The largest absolute Gasteiger partial charge is 0.353 e. The summed E-state index contributed by atoms with van der Waals surface area (Å²) in [4.78, 5) is 12.2. The Hall–Kier alpha value is -1.35. The number of amides is 1. The van der Waals surface area contributed by atoms with Crippen molar-refractivity contribution in [2.45, 2.75) is 52.1 Å². The van der Waals surface area contributed by atoms with Crippen molar-refractivity contribution in [3.8, 4) is 0 Å². The van der Waals surface area contributed by atoms with Crippen molar-refractivity contribution in [3.63, 3.8) is 0 Å². The molecule has 1 amide bonds. The van der Waals surface area contributed by atoms with Crippen LogP contribution in [-0.2, 0) is 4.79 Å². The fourth-order valence-corrected chi connectivity index (χ4v) is 2.19. The third-order valence-electron chi connectivity index (χ3n) is 3.61. The zero-order valence-corrected chi connectivity index (χ0v) is 12.2. The van der Waals surface area contributed by atoms with E-state index in [0.29, 0.717) is 0 Å². The van der Waals surface area contributed by atoms with Gasteiger partial charge in [0, 0.05) is 12.1 Å². The van der Waals surface area contributed by atoms with Crippen LogP contribution < -0.4 is 11.1 Å². The molecule has 19 heavy (non-hydrogen) atoms. The Labute approximate surface area is 116 Å². The number of nitrogens with two attached hydrogens (primary N) is 1. The monoisotopic (exact) mass is 262 g/mol. The normalized spacial score (nSPS) is 15.6. The van der Waals surface area contributed by atoms with Gasteiger partial charge in [0.05, 0.1) is 5.92 Å². The van der Waals surface area contributed by atoms with Crippen molar-refractivity contribution in [2.24, 2.45) is 11.7 Å². The van der Waals surface area contributed by atoms with Crippen LogP contribution in [0, 0.1) is 5.92 Å². The Balaban J connectivity index is 2.61. The summed E-state index contributed by atoms with van der Waals surface area (Å²) in [6.07, 6.45) is 3.07. The predicted molar refractivity (Wildman–Crippen MR) is 79.7 cm³/mol. The number of rotatable bonds is 7. The molecule has 0 aromatic heterocycles. The van der Waals surface area contributed by atoms with Gasteiger partial charge in [-0.3, -0.25) is 4.79 Å². The van der Waals surface area contributed by atoms with Crippen LogP contribution in [0.15, 0.2) is 30.3 Å². The van der Waals surface area contributed by atoms with Gasteiger partial charge < -0.3 is 11.1 Å². The quantitative estimate of drug-likeness (QED) is 0.793. The van der Waals surface area contributed by atoms with Gasteiger partial charge in [0.1, 0.15) is 0 Å². The SMILES string of the molecule is CCCC(CC)NC(=O)C(C)C(N)c1ccccc1. The maximum absolute atomic E-state index is 12.2. The Morgan fingerprint density at radius 3 is 2.42 bits per heavy atom. The van der Waals surface area contributed by atoms with Crippen LogP contribution in [0.3, 0.4) is 0 Å². The van der Waals surface area contributed by atoms with E-state index in [1.807, 2.05) is 37.3 Å². The van der Waals surface area contributed by atoms with E-state index in [2.05, 4.69) is 19.2 Å². The molecular formula is C16H26N2O. The number of benzene rings is 1. The van der Waals surface area contributed by atoms with E-state index in [1.54, 1.807) is 0 Å². The summed E-state index contributed by atoms with van der Waals surface area (Å²) in [6, 6.07) is 9.81. The lowest BCUT2D eigenvalue weighted by molar-refractivity contribution is -0.125. The molecule has 1 aromatic carbocycles. The van der Waals surface area contributed by atoms with Crippen molar-refractivity contribution in [2.75, 3.05) is 0 Å². The molecule has 0 aliphatic heterocycles. The highest BCUT2D eigenvalue weighted by Gasteiger charge is 2.23. The standard InChI is InChI=1S/C16H26N2O/c1-4-9-14(5-2)18-16(19)12(3)15(17)13-10-7-6-8-11-13/h6-8,10-12,14-15H,4-5,9,17H2,1-3H3,(H,18,19). The van der Waals surface area contributed by atoms with E-state index in [4.69, 9.17) is 5.73 Å². The van der Waals surface area contributed by atoms with E-state index in [0.717, 1.165) is 24.8 Å². The summed E-state index contributed by atoms with van der Waals surface area (Å²) in [5, 5.41) is 3.10. The molecule has 3 unspecified atom stereocenters. The predicted octanol–water partition coefficient (Wildman–Crippen LogP) is 3.02. The fourth-order valence-electron chi connectivity index (χ4n) is 2.19. The Morgan fingerprint density at radius 1 is 1.26 bits per heavy atom. The number of hydrogen-bond acceptors (Lipinski definition) is 2. The highest BCUT2D eigenvalue weighted by atomic mass is 16.1. The lowest BCUT2D eigenvalue weighted by Crippen LogP contribution is -2.41. The minimum absolute atomic E-state index is 0.0525. The molecule has 1 rings (SSSR count). The zero-order valence-electron chi connectivity index (χ0n) is 12.2. The lowest BCUT2D eigenvalue weighted by Gasteiger charge is -2.23. The van der Waals surface area contributed by atoms with Crippen molar-refractivity contribution in [3.05, 3.63) is 35.9 Å². The molecule has 0 radical (unpaired) electrons. The molecule has 0 bridgehead atoms. The molecule has 0 fully saturated rings. The molecule has 106 valence electrons. The first kappa shape index (κ1) is 15.7. The molecule has 3 N–H and O–H groups in total. The van der Waals surface area contributed by atoms with Crippen LogP contribution in [0.4, 0.5) is 0 Å². The van der Waals surface area contributed by atoms with Crippen LogP contribution in [0.1, 0.15) is 51.6 Å². The van der Waals surface area contributed by atoms with Gasteiger partial charge in [-0.2, -0.15) is 0 Å². The fraction of sp³-hybridized carbons (Fsp3) is 0.562. The van der Waals surface area contributed by atoms with Crippen molar-refractivity contribution < 1.29 is 4.79 Å². The summed E-state index contributed by atoms with van der Waals surface area (Å²) >= 11 is 0. The minimum atomic E-state index is -0.250. The van der Waals surface area contributed by atoms with E-state index in [1.165, 1.54) is 0 Å². The topological polar surface area (TPSA) is 55.1 Å². The molecular weight excluding hydrogens is 236 g/mol. The van der Waals surface area contributed by atoms with Gasteiger partial charge in [-0.1, -0.05) is 57.5 Å². The second kappa shape index (κ2) is 7.95. The molecule has 1 aromatic rings. The van der Waals surface area contributed by atoms with E-state index in [-0.39, 0.29) is 23.9 Å². The first-order valence-corrected chi connectivity index (χ1v) is 7.21. The van der Waals surface area contributed by atoms with Gasteiger partial charge in [-0.05, 0) is 18.4 Å². The smallest absolute Gasteiger partial charge is 0.224 e. The first-order chi connectivity index (χ1) is 9.10. The molecule has 3 atom stereocenters. The van der Waals surface area contributed by atoms with Crippen LogP contribution in [0.5, 0.6) is 0 Å². The third-order valence-corrected chi connectivity index (χ3v) is 3.61. The molecule has 3 nitrogen and oxygen atoms in total. The van der Waals surface area contributed by atoms with Gasteiger partial charge >= 0.3 is 0 Å². The Morgan fingerprint density at radius 2 is 1.89 bits per heavy atom. The number of carbonyl (C=O) groups excluding carboxylic acids is 1. The average molecular weight is 262 g/mol. The molecule has 0 aliphatic carbocycles. The third kappa shape index (κ3) is 4.67. The summed E-state index contributed by atoms with van der Waals surface area (Å²) in [5.41, 5.74) is 7.18. The Bertz CT molecular complexity index is 378. The maximum Gasteiger partial charge on any atom is 0.224 e. The number of nitrogens with one attached hydrogen (secondary N) is 1. The summed E-state index contributed by atoms with van der Waals surface area (Å²) < 4.78 is 0. The van der Waals surface area contributed by atoms with E-state index < -0.39 is 0 Å². The van der Waals surface area contributed by atoms with Gasteiger partial charge in [0.15, 0.2) is 0 Å². The van der Waals surface area contributed by atoms with Crippen molar-refractivity contribution in [1.82, 2.24) is 5.32 Å². The van der Waals surface area contributed by atoms with Gasteiger partial charge in [-0.25, -0.2) is 0 Å². The van der Waals surface area contributed by atoms with E-state index in [9.17, 15) is 4.79 Å². The molecule has 0 saturated heterocycles. The summed E-state index contributed by atoms with van der Waals surface area (Å²) in [7, 11) is 0. The second-order valence-electron chi connectivity index (χ2n) is 5.13. The van der Waals surface area contributed by atoms with Crippen molar-refractivity contribution in [1.29, 1.82) is 0 Å². The zero-order chi connectivity index (χ0) is 14.3. The number of hydrogen-bond donors (Lipinski definition) is 2. The molecule has 0 heterocycles. The summed E-state index contributed by atoms with van der Waals surface area (Å²) in [5.74, 6) is -0.162. The molecule has 0 spiro atoms. The molecule has 0 saturated carbocycles. The van der Waals surface area contributed by atoms with Crippen LogP contribution in [0.25, 0.3) is 0 Å². The average Bonchev–Trinajstić information content (AvgIpc) is 2.45. The maximum atomic E-state index is 12.2. The van der Waals surface area contributed by atoms with Gasteiger partial charge in [0.25, 0.3) is 0 Å². The number of carbonyl (C=O) groups is 1. The molecule has 0 aliphatic rings. The van der Waals surface area contributed by atoms with Crippen molar-refractivity contribution >= 4 is 5.91 Å². The van der Waals surface area contributed by atoms with Gasteiger partial charge in [-0.15, -0.1) is 0 Å². The van der Waals surface area contributed by atoms with E-state index >= 15 is 0 Å². The first-order valence-electron chi connectivity index (χ1n) is 7.21. The minimum Gasteiger partial charge on any atom is -0.353 e. The van der Waals surface area contributed by atoms with Gasteiger partial charge in [0.2, 0.25) is 5.91 Å². The van der Waals surface area contributed by atoms with Crippen LogP contribution in [-0.4, -0.2) is 11.9 Å². The second-order valence-corrected chi connectivity index (χ2v) is 5.13. The van der Waals surface area contributed by atoms with Crippen LogP contribution >= 0.6 is 0 Å². The highest BCUT2D eigenvalue weighted by molar-refractivity contribution is 5.79. The molecule has 3 heteroatoms. The summed E-state index contributed by atoms with van der Waals surface area (Å²) in [6.45, 7) is 6.13.